The minimum Gasteiger partial charge on any atom is -0.472 e. The quantitative estimate of drug-likeness (QED) is 0.880. The molecule has 4 heteroatoms. The molecule has 114 valence electrons. The van der Waals surface area contributed by atoms with Gasteiger partial charge in [0.1, 0.15) is 6.26 Å². The zero-order valence-electron chi connectivity index (χ0n) is 13.6. The summed E-state index contributed by atoms with van der Waals surface area (Å²) in [5.74, 6) is 1.81. The summed E-state index contributed by atoms with van der Waals surface area (Å²) in [6, 6.07) is 1.89. The standard InChI is InChI=1S/C17H25N3O/c1-11(2)8-18-9-12(3)16-13(4)19-17(20-14(16)5)15-6-7-21-10-15/h6-7,10-12,18H,8-9H2,1-5H3. The third kappa shape index (κ3) is 3.91. The van der Waals surface area contributed by atoms with Gasteiger partial charge in [-0.15, -0.1) is 0 Å². The van der Waals surface area contributed by atoms with Crippen LogP contribution >= 0.6 is 0 Å². The molecule has 0 aliphatic rings. The maximum absolute atomic E-state index is 5.11. The van der Waals surface area contributed by atoms with E-state index in [1.807, 2.05) is 6.07 Å². The Morgan fingerprint density at radius 3 is 2.29 bits per heavy atom. The fourth-order valence-electron chi connectivity index (χ4n) is 2.65. The first kappa shape index (κ1) is 15.7. The lowest BCUT2D eigenvalue weighted by Gasteiger charge is -2.18. The molecule has 2 aromatic rings. The number of nitrogens with one attached hydrogen (secondary N) is 1. The van der Waals surface area contributed by atoms with Crippen LogP contribution in [0.3, 0.4) is 0 Å². The lowest BCUT2D eigenvalue weighted by molar-refractivity contribution is 0.526. The molecule has 0 aromatic carbocycles. The van der Waals surface area contributed by atoms with Crippen molar-refractivity contribution in [1.29, 1.82) is 0 Å². The van der Waals surface area contributed by atoms with Gasteiger partial charge >= 0.3 is 0 Å². The second kappa shape index (κ2) is 6.85. The fourth-order valence-corrected chi connectivity index (χ4v) is 2.65. The van der Waals surface area contributed by atoms with E-state index in [0.29, 0.717) is 11.8 Å². The van der Waals surface area contributed by atoms with Crippen LogP contribution in [0.15, 0.2) is 23.0 Å². The first-order valence-corrected chi connectivity index (χ1v) is 7.57. The van der Waals surface area contributed by atoms with Gasteiger partial charge in [-0.1, -0.05) is 20.8 Å². The molecule has 4 nitrogen and oxygen atoms in total. The van der Waals surface area contributed by atoms with Gasteiger partial charge in [0.25, 0.3) is 0 Å². The van der Waals surface area contributed by atoms with Crippen molar-refractivity contribution in [2.24, 2.45) is 5.92 Å². The van der Waals surface area contributed by atoms with E-state index in [0.717, 1.165) is 35.9 Å². The maximum Gasteiger partial charge on any atom is 0.162 e. The highest BCUT2D eigenvalue weighted by atomic mass is 16.3. The van der Waals surface area contributed by atoms with Crippen LogP contribution in [0.2, 0.25) is 0 Å². The topological polar surface area (TPSA) is 51.0 Å². The van der Waals surface area contributed by atoms with Gasteiger partial charge in [-0.05, 0) is 43.9 Å². The normalized spacial score (nSPS) is 12.9. The number of aryl methyl sites for hydroxylation is 2. The van der Waals surface area contributed by atoms with E-state index in [9.17, 15) is 0 Å². The van der Waals surface area contributed by atoms with Gasteiger partial charge in [0.15, 0.2) is 5.82 Å². The average molecular weight is 287 g/mol. The van der Waals surface area contributed by atoms with Crippen molar-refractivity contribution >= 4 is 0 Å². The summed E-state index contributed by atoms with van der Waals surface area (Å²) in [7, 11) is 0. The molecule has 0 fully saturated rings. The van der Waals surface area contributed by atoms with Gasteiger partial charge in [-0.25, -0.2) is 9.97 Å². The number of hydrogen-bond acceptors (Lipinski definition) is 4. The number of hydrogen-bond donors (Lipinski definition) is 1. The van der Waals surface area contributed by atoms with Crippen LogP contribution in [-0.4, -0.2) is 23.1 Å². The molecule has 0 aliphatic carbocycles. The molecule has 0 bridgehead atoms. The van der Waals surface area contributed by atoms with Crippen molar-refractivity contribution in [3.8, 4) is 11.4 Å². The first-order valence-electron chi connectivity index (χ1n) is 7.57. The minimum absolute atomic E-state index is 0.405. The zero-order chi connectivity index (χ0) is 15.4. The van der Waals surface area contributed by atoms with Crippen LogP contribution in [0.25, 0.3) is 11.4 Å². The molecule has 0 saturated heterocycles. The largest absolute Gasteiger partial charge is 0.472 e. The molecule has 1 unspecified atom stereocenters. The van der Waals surface area contributed by atoms with Gasteiger partial charge in [0.05, 0.1) is 11.8 Å². The van der Waals surface area contributed by atoms with Crippen LogP contribution in [0, 0.1) is 19.8 Å². The summed E-state index contributed by atoms with van der Waals surface area (Å²) in [6.07, 6.45) is 3.33. The predicted octanol–water partition coefficient (Wildman–Crippen LogP) is 3.70. The van der Waals surface area contributed by atoms with Crippen molar-refractivity contribution in [3.05, 3.63) is 35.5 Å². The highest BCUT2D eigenvalue weighted by molar-refractivity contribution is 5.53. The van der Waals surface area contributed by atoms with E-state index in [2.05, 4.69) is 49.9 Å². The molecule has 0 amide bonds. The molecular formula is C17H25N3O. The Morgan fingerprint density at radius 2 is 1.76 bits per heavy atom. The zero-order valence-corrected chi connectivity index (χ0v) is 13.6. The highest BCUT2D eigenvalue weighted by Crippen LogP contribution is 2.24. The van der Waals surface area contributed by atoms with Crippen LogP contribution in [0.1, 0.15) is 43.6 Å². The molecule has 0 spiro atoms. The van der Waals surface area contributed by atoms with Gasteiger partial charge in [-0.2, -0.15) is 0 Å². The Kier molecular flexibility index (Phi) is 5.12. The van der Waals surface area contributed by atoms with Crippen molar-refractivity contribution in [2.45, 2.75) is 40.5 Å². The molecule has 2 rings (SSSR count). The molecule has 2 aromatic heterocycles. The Morgan fingerprint density at radius 1 is 1.10 bits per heavy atom. The van der Waals surface area contributed by atoms with E-state index in [-0.39, 0.29) is 0 Å². The molecule has 0 saturated carbocycles. The maximum atomic E-state index is 5.11. The van der Waals surface area contributed by atoms with Crippen LogP contribution in [0.5, 0.6) is 0 Å². The SMILES string of the molecule is Cc1nc(-c2ccoc2)nc(C)c1C(C)CNCC(C)C. The lowest BCUT2D eigenvalue weighted by Crippen LogP contribution is -2.25. The Balaban J connectivity index is 2.17. The molecule has 1 N–H and O–H groups in total. The summed E-state index contributed by atoms with van der Waals surface area (Å²) in [6.45, 7) is 12.8. The summed E-state index contributed by atoms with van der Waals surface area (Å²) in [4.78, 5) is 9.28. The van der Waals surface area contributed by atoms with Gasteiger partial charge in [-0.3, -0.25) is 0 Å². The summed E-state index contributed by atoms with van der Waals surface area (Å²) < 4.78 is 5.11. The lowest BCUT2D eigenvalue weighted by atomic mass is 9.97. The van der Waals surface area contributed by atoms with E-state index in [4.69, 9.17) is 4.42 Å². The van der Waals surface area contributed by atoms with Crippen molar-refractivity contribution in [2.75, 3.05) is 13.1 Å². The summed E-state index contributed by atoms with van der Waals surface area (Å²) in [5, 5.41) is 3.51. The van der Waals surface area contributed by atoms with E-state index in [1.54, 1.807) is 12.5 Å². The van der Waals surface area contributed by atoms with Crippen molar-refractivity contribution < 1.29 is 4.42 Å². The number of aromatic nitrogens is 2. The smallest absolute Gasteiger partial charge is 0.162 e. The number of furan rings is 1. The Bertz CT molecular complexity index is 553. The molecule has 21 heavy (non-hydrogen) atoms. The fraction of sp³-hybridized carbons (Fsp3) is 0.529. The van der Waals surface area contributed by atoms with Crippen molar-refractivity contribution in [3.63, 3.8) is 0 Å². The second-order valence-corrected chi connectivity index (χ2v) is 6.10. The first-order chi connectivity index (χ1) is 9.99. The highest BCUT2D eigenvalue weighted by Gasteiger charge is 2.16. The molecule has 0 aliphatic heterocycles. The monoisotopic (exact) mass is 287 g/mol. The Hall–Kier alpha value is -1.68. The van der Waals surface area contributed by atoms with Gasteiger partial charge in [0.2, 0.25) is 0 Å². The van der Waals surface area contributed by atoms with Gasteiger partial charge < -0.3 is 9.73 Å². The van der Waals surface area contributed by atoms with E-state index >= 15 is 0 Å². The number of nitrogens with zero attached hydrogens (tertiary/aromatic N) is 2. The summed E-state index contributed by atoms with van der Waals surface area (Å²) >= 11 is 0. The Labute approximate surface area is 127 Å². The third-order valence-corrected chi connectivity index (χ3v) is 3.60. The molecular weight excluding hydrogens is 262 g/mol. The minimum atomic E-state index is 0.405. The van der Waals surface area contributed by atoms with Crippen LogP contribution < -0.4 is 5.32 Å². The predicted molar refractivity (Wildman–Crippen MR) is 85.3 cm³/mol. The van der Waals surface area contributed by atoms with Crippen LogP contribution in [-0.2, 0) is 0 Å². The second-order valence-electron chi connectivity index (χ2n) is 6.10. The van der Waals surface area contributed by atoms with E-state index in [1.165, 1.54) is 5.56 Å². The third-order valence-electron chi connectivity index (χ3n) is 3.60. The average Bonchev–Trinajstić information content (AvgIpc) is 2.91. The number of rotatable bonds is 6. The summed E-state index contributed by atoms with van der Waals surface area (Å²) in [5.41, 5.74) is 4.28. The van der Waals surface area contributed by atoms with E-state index < -0.39 is 0 Å². The van der Waals surface area contributed by atoms with Gasteiger partial charge in [0, 0.05) is 17.9 Å². The molecule has 2 heterocycles. The molecule has 0 radical (unpaired) electrons. The van der Waals surface area contributed by atoms with Crippen LogP contribution in [0.4, 0.5) is 0 Å². The van der Waals surface area contributed by atoms with Crippen molar-refractivity contribution in [1.82, 2.24) is 15.3 Å². The molecule has 1 atom stereocenters.